The number of nitrogens with one attached hydrogen (secondary N) is 1. The molecular formula is C27H32N2O6. The standard InChI is InChI=1S/C27H32N2O6/c1-2-7-18(24(30)29-14-12-27(34,13-15-29)25(31)32)16-28-26(33)35-17-23-21-10-5-3-8-19(21)20-9-4-6-11-22(20)23/h3-6,8-11,18,23,34H,2,7,12-17H2,1H3,(H,28,33)(H,31,32). The van der Waals surface area contributed by atoms with E-state index in [1.807, 2.05) is 31.2 Å². The number of hydrogen-bond acceptors (Lipinski definition) is 5. The smallest absolute Gasteiger partial charge is 0.407 e. The van der Waals surface area contributed by atoms with Gasteiger partial charge in [-0.15, -0.1) is 0 Å². The highest BCUT2D eigenvalue weighted by Crippen LogP contribution is 2.44. The fourth-order valence-electron chi connectivity index (χ4n) is 5.09. The second-order valence-corrected chi connectivity index (χ2v) is 9.35. The molecule has 2 amide bonds. The number of amides is 2. The van der Waals surface area contributed by atoms with Crippen LogP contribution in [0.4, 0.5) is 4.79 Å². The Kier molecular flexibility index (Phi) is 7.40. The first-order chi connectivity index (χ1) is 16.8. The van der Waals surface area contributed by atoms with E-state index in [0.717, 1.165) is 28.7 Å². The number of piperidine rings is 1. The first kappa shape index (κ1) is 24.7. The van der Waals surface area contributed by atoms with Crippen LogP contribution < -0.4 is 5.32 Å². The number of nitrogens with zero attached hydrogens (tertiary/aromatic N) is 1. The number of alkyl carbamates (subject to hydrolysis) is 1. The molecule has 1 saturated heterocycles. The number of carboxylic acid groups (broad SMARTS) is 1. The molecule has 1 fully saturated rings. The first-order valence-electron chi connectivity index (χ1n) is 12.2. The fourth-order valence-corrected chi connectivity index (χ4v) is 5.09. The number of likely N-dealkylation sites (tertiary alicyclic amines) is 1. The van der Waals surface area contributed by atoms with Crippen molar-refractivity contribution in [1.82, 2.24) is 10.2 Å². The molecule has 0 spiro atoms. The number of benzene rings is 2. The molecule has 1 atom stereocenters. The maximum Gasteiger partial charge on any atom is 0.407 e. The molecule has 8 heteroatoms. The van der Waals surface area contributed by atoms with E-state index < -0.39 is 23.6 Å². The van der Waals surface area contributed by atoms with Crippen molar-refractivity contribution in [1.29, 1.82) is 0 Å². The molecule has 0 saturated carbocycles. The summed E-state index contributed by atoms with van der Waals surface area (Å²) in [5.74, 6) is -1.87. The highest BCUT2D eigenvalue weighted by atomic mass is 16.5. The van der Waals surface area contributed by atoms with Crippen molar-refractivity contribution in [2.45, 2.75) is 44.1 Å². The summed E-state index contributed by atoms with van der Waals surface area (Å²) in [5.41, 5.74) is 2.79. The average Bonchev–Trinajstić information content (AvgIpc) is 3.19. The third-order valence-electron chi connectivity index (χ3n) is 7.12. The van der Waals surface area contributed by atoms with Crippen LogP contribution in [-0.4, -0.2) is 64.9 Å². The SMILES string of the molecule is CCCC(CNC(=O)OCC1c2ccccc2-c2ccccc21)C(=O)N1CCC(O)(C(=O)O)CC1. The summed E-state index contributed by atoms with van der Waals surface area (Å²) in [6.45, 7) is 2.65. The van der Waals surface area contributed by atoms with Gasteiger partial charge in [-0.05, 0) is 28.7 Å². The monoisotopic (exact) mass is 480 g/mol. The third-order valence-corrected chi connectivity index (χ3v) is 7.12. The predicted octanol–water partition coefficient (Wildman–Crippen LogP) is 3.38. The van der Waals surface area contributed by atoms with Crippen LogP contribution in [0.3, 0.4) is 0 Å². The van der Waals surface area contributed by atoms with Gasteiger partial charge in [-0.2, -0.15) is 0 Å². The topological polar surface area (TPSA) is 116 Å². The molecule has 1 unspecified atom stereocenters. The molecule has 2 aromatic rings. The molecule has 186 valence electrons. The number of ether oxygens (including phenoxy) is 1. The lowest BCUT2D eigenvalue weighted by molar-refractivity contribution is -0.166. The summed E-state index contributed by atoms with van der Waals surface area (Å²) >= 11 is 0. The van der Waals surface area contributed by atoms with Gasteiger partial charge in [0.15, 0.2) is 5.60 Å². The molecule has 1 heterocycles. The van der Waals surface area contributed by atoms with E-state index in [1.54, 1.807) is 4.90 Å². The quantitative estimate of drug-likeness (QED) is 0.533. The Hall–Kier alpha value is -3.39. The van der Waals surface area contributed by atoms with Crippen LogP contribution in [0.25, 0.3) is 11.1 Å². The zero-order valence-corrected chi connectivity index (χ0v) is 19.9. The van der Waals surface area contributed by atoms with E-state index in [4.69, 9.17) is 4.74 Å². The molecule has 3 N–H and O–H groups in total. The van der Waals surface area contributed by atoms with E-state index >= 15 is 0 Å². The van der Waals surface area contributed by atoms with E-state index in [9.17, 15) is 24.6 Å². The second-order valence-electron chi connectivity index (χ2n) is 9.35. The number of aliphatic hydroxyl groups is 1. The van der Waals surface area contributed by atoms with Gasteiger partial charge in [-0.25, -0.2) is 9.59 Å². The van der Waals surface area contributed by atoms with Crippen molar-refractivity contribution in [3.05, 3.63) is 59.7 Å². The Morgan fingerprint density at radius 3 is 2.17 bits per heavy atom. The number of rotatable bonds is 8. The zero-order valence-electron chi connectivity index (χ0n) is 19.9. The minimum absolute atomic E-state index is 0.00722. The number of carboxylic acids is 1. The van der Waals surface area contributed by atoms with Gasteiger partial charge in [0.2, 0.25) is 5.91 Å². The van der Waals surface area contributed by atoms with Crippen LogP contribution in [0.1, 0.15) is 49.7 Å². The van der Waals surface area contributed by atoms with Crippen molar-refractivity contribution >= 4 is 18.0 Å². The molecule has 1 aliphatic heterocycles. The Labute approximate surface area is 204 Å². The highest BCUT2D eigenvalue weighted by Gasteiger charge is 2.41. The van der Waals surface area contributed by atoms with Gasteiger partial charge in [0.1, 0.15) is 6.61 Å². The van der Waals surface area contributed by atoms with Crippen LogP contribution in [0.2, 0.25) is 0 Å². The molecule has 0 radical (unpaired) electrons. The van der Waals surface area contributed by atoms with Gasteiger partial charge < -0.3 is 25.2 Å². The molecule has 1 aliphatic carbocycles. The normalized spacial score (nSPS) is 17.3. The molecule has 0 aromatic heterocycles. The molecule has 0 bridgehead atoms. The molecule has 35 heavy (non-hydrogen) atoms. The Bertz CT molecular complexity index is 1050. The van der Waals surface area contributed by atoms with Crippen molar-refractivity contribution < 1.29 is 29.3 Å². The predicted molar refractivity (Wildman–Crippen MR) is 130 cm³/mol. The summed E-state index contributed by atoms with van der Waals surface area (Å²) in [4.78, 5) is 38.4. The lowest BCUT2D eigenvalue weighted by Crippen LogP contribution is -2.52. The molecule has 8 nitrogen and oxygen atoms in total. The van der Waals surface area contributed by atoms with E-state index in [-0.39, 0.29) is 50.9 Å². The highest BCUT2D eigenvalue weighted by molar-refractivity contribution is 5.82. The Morgan fingerprint density at radius 2 is 1.63 bits per heavy atom. The molecular weight excluding hydrogens is 448 g/mol. The maximum atomic E-state index is 13.0. The van der Waals surface area contributed by atoms with Gasteiger partial charge in [-0.3, -0.25) is 4.79 Å². The van der Waals surface area contributed by atoms with Crippen LogP contribution >= 0.6 is 0 Å². The zero-order chi connectivity index (χ0) is 25.0. The van der Waals surface area contributed by atoms with Gasteiger partial charge in [0.25, 0.3) is 0 Å². The van der Waals surface area contributed by atoms with Crippen molar-refractivity contribution in [3.63, 3.8) is 0 Å². The van der Waals surface area contributed by atoms with Crippen LogP contribution in [0.15, 0.2) is 48.5 Å². The number of carbonyl (C=O) groups excluding carboxylic acids is 2. The number of hydrogen-bond donors (Lipinski definition) is 3. The van der Waals surface area contributed by atoms with Gasteiger partial charge in [0.05, 0.1) is 5.92 Å². The molecule has 2 aliphatic rings. The van der Waals surface area contributed by atoms with Crippen molar-refractivity contribution in [2.24, 2.45) is 5.92 Å². The van der Waals surface area contributed by atoms with Crippen LogP contribution in [0, 0.1) is 5.92 Å². The molecule has 2 aromatic carbocycles. The minimum atomic E-state index is -1.78. The van der Waals surface area contributed by atoms with Crippen LogP contribution in [0.5, 0.6) is 0 Å². The summed E-state index contributed by atoms with van der Waals surface area (Å²) in [6, 6.07) is 16.2. The van der Waals surface area contributed by atoms with Crippen LogP contribution in [-0.2, 0) is 14.3 Å². The minimum Gasteiger partial charge on any atom is -0.479 e. The van der Waals surface area contributed by atoms with Gasteiger partial charge in [0, 0.05) is 38.4 Å². The van der Waals surface area contributed by atoms with Gasteiger partial charge in [-0.1, -0.05) is 61.9 Å². The lowest BCUT2D eigenvalue weighted by Gasteiger charge is -2.37. The number of aliphatic carboxylic acids is 1. The van der Waals surface area contributed by atoms with E-state index in [0.29, 0.717) is 6.42 Å². The lowest BCUT2D eigenvalue weighted by atomic mass is 9.90. The Balaban J connectivity index is 1.32. The first-order valence-corrected chi connectivity index (χ1v) is 12.2. The fraction of sp³-hybridized carbons (Fsp3) is 0.444. The largest absolute Gasteiger partial charge is 0.479 e. The van der Waals surface area contributed by atoms with Crippen molar-refractivity contribution in [3.8, 4) is 11.1 Å². The number of fused-ring (bicyclic) bond motifs is 3. The number of carbonyl (C=O) groups is 3. The average molecular weight is 481 g/mol. The summed E-state index contributed by atoms with van der Waals surface area (Å²) in [6.07, 6.45) is 0.761. The summed E-state index contributed by atoms with van der Waals surface area (Å²) in [5, 5.41) is 22.1. The third kappa shape index (κ3) is 5.17. The summed E-state index contributed by atoms with van der Waals surface area (Å²) < 4.78 is 5.57. The van der Waals surface area contributed by atoms with E-state index in [1.165, 1.54) is 0 Å². The van der Waals surface area contributed by atoms with Crippen molar-refractivity contribution in [2.75, 3.05) is 26.2 Å². The molecule has 4 rings (SSSR count). The van der Waals surface area contributed by atoms with Gasteiger partial charge >= 0.3 is 12.1 Å². The summed E-state index contributed by atoms with van der Waals surface area (Å²) in [7, 11) is 0. The Morgan fingerprint density at radius 1 is 1.06 bits per heavy atom. The maximum absolute atomic E-state index is 13.0. The second kappa shape index (κ2) is 10.5. The van der Waals surface area contributed by atoms with E-state index in [2.05, 4.69) is 29.6 Å².